The fraction of sp³-hybridized carbons (Fsp3) is 0.450. The Kier molecular flexibility index (Phi) is 7.25. The Balaban J connectivity index is 1.67. The first-order valence-electron chi connectivity index (χ1n) is 9.80. The maximum atomic E-state index is 13.0. The Labute approximate surface area is 189 Å². The third-order valence-electron chi connectivity index (χ3n) is 5.09. The van der Waals surface area contributed by atoms with E-state index in [0.29, 0.717) is 24.9 Å². The van der Waals surface area contributed by atoms with E-state index >= 15 is 0 Å². The summed E-state index contributed by atoms with van der Waals surface area (Å²) in [6, 6.07) is 3.47. The highest BCUT2D eigenvalue weighted by Gasteiger charge is 2.38. The van der Waals surface area contributed by atoms with Gasteiger partial charge < -0.3 is 15.0 Å². The van der Waals surface area contributed by atoms with Crippen LogP contribution in [-0.2, 0) is 23.6 Å². The third-order valence-corrected chi connectivity index (χ3v) is 5.29. The van der Waals surface area contributed by atoms with Crippen LogP contribution in [0.4, 0.5) is 32.2 Å². The van der Waals surface area contributed by atoms with E-state index in [2.05, 4.69) is 15.3 Å². The zero-order valence-electron chi connectivity index (χ0n) is 17.2. The van der Waals surface area contributed by atoms with Crippen molar-refractivity contribution in [3.63, 3.8) is 0 Å². The SMILES string of the molecule is COc1cc(C(F)(F)F)ccc1CCNC(=O)C1CCCN1c1cc(Cl)nc(C(F)(F)F)n1. The van der Waals surface area contributed by atoms with Crippen molar-refractivity contribution >= 4 is 23.3 Å². The van der Waals surface area contributed by atoms with Gasteiger partial charge in [0.15, 0.2) is 0 Å². The van der Waals surface area contributed by atoms with E-state index in [1.54, 1.807) is 0 Å². The van der Waals surface area contributed by atoms with Crippen molar-refractivity contribution in [1.29, 1.82) is 0 Å². The summed E-state index contributed by atoms with van der Waals surface area (Å²) in [6.07, 6.45) is -8.18. The molecule has 1 aromatic heterocycles. The molecule has 2 aromatic rings. The van der Waals surface area contributed by atoms with Crippen LogP contribution in [0.25, 0.3) is 0 Å². The van der Waals surface area contributed by atoms with E-state index in [-0.39, 0.29) is 24.5 Å². The average molecular weight is 497 g/mol. The second kappa shape index (κ2) is 9.62. The second-order valence-electron chi connectivity index (χ2n) is 7.29. The van der Waals surface area contributed by atoms with Crippen LogP contribution < -0.4 is 15.0 Å². The van der Waals surface area contributed by atoms with Crippen LogP contribution in [-0.4, -0.2) is 42.1 Å². The van der Waals surface area contributed by atoms with Crippen molar-refractivity contribution in [1.82, 2.24) is 15.3 Å². The molecule has 0 aliphatic carbocycles. The first kappa shape index (κ1) is 24.9. The van der Waals surface area contributed by atoms with Gasteiger partial charge in [-0.05, 0) is 37.0 Å². The van der Waals surface area contributed by atoms with Crippen LogP contribution in [0.5, 0.6) is 5.75 Å². The van der Waals surface area contributed by atoms with E-state index in [9.17, 15) is 31.1 Å². The van der Waals surface area contributed by atoms with Crippen LogP contribution in [0.2, 0.25) is 5.15 Å². The van der Waals surface area contributed by atoms with Gasteiger partial charge in [-0.25, -0.2) is 9.97 Å². The number of hydrogen-bond donors (Lipinski definition) is 1. The summed E-state index contributed by atoms with van der Waals surface area (Å²) in [6.45, 7) is 0.388. The average Bonchev–Trinajstić information content (AvgIpc) is 3.22. The molecule has 1 aromatic carbocycles. The molecule has 1 aliphatic rings. The quantitative estimate of drug-likeness (QED) is 0.471. The number of methoxy groups -OCH3 is 1. The van der Waals surface area contributed by atoms with Crippen molar-refractivity contribution < 1.29 is 35.9 Å². The molecular weight excluding hydrogens is 478 g/mol. The van der Waals surface area contributed by atoms with Gasteiger partial charge in [0.2, 0.25) is 11.7 Å². The van der Waals surface area contributed by atoms with Gasteiger partial charge in [-0.1, -0.05) is 17.7 Å². The molecule has 1 fully saturated rings. The Bertz CT molecular complexity index is 1020. The molecule has 0 radical (unpaired) electrons. The van der Waals surface area contributed by atoms with Gasteiger partial charge in [0.1, 0.15) is 22.8 Å². The lowest BCUT2D eigenvalue weighted by atomic mass is 10.1. The zero-order valence-corrected chi connectivity index (χ0v) is 18.0. The van der Waals surface area contributed by atoms with Crippen LogP contribution >= 0.6 is 11.6 Å². The van der Waals surface area contributed by atoms with Crippen molar-refractivity contribution in [3.05, 3.63) is 46.4 Å². The summed E-state index contributed by atoms with van der Waals surface area (Å²) in [4.78, 5) is 20.8. The van der Waals surface area contributed by atoms with E-state index in [1.807, 2.05) is 0 Å². The van der Waals surface area contributed by atoms with Crippen LogP contribution in [0, 0.1) is 0 Å². The fourth-order valence-corrected chi connectivity index (χ4v) is 3.74. The molecule has 180 valence electrons. The highest BCUT2D eigenvalue weighted by atomic mass is 35.5. The topological polar surface area (TPSA) is 67.3 Å². The normalized spacial score (nSPS) is 16.7. The molecule has 6 nitrogen and oxygen atoms in total. The molecule has 1 unspecified atom stereocenters. The Morgan fingerprint density at radius 3 is 2.55 bits per heavy atom. The van der Waals surface area contributed by atoms with Crippen LogP contribution in [0.15, 0.2) is 24.3 Å². The summed E-state index contributed by atoms with van der Waals surface area (Å²) < 4.78 is 82.7. The highest BCUT2D eigenvalue weighted by Crippen LogP contribution is 2.34. The summed E-state index contributed by atoms with van der Waals surface area (Å²) >= 11 is 5.72. The molecule has 0 spiro atoms. The monoisotopic (exact) mass is 496 g/mol. The van der Waals surface area contributed by atoms with Gasteiger partial charge in [-0.2, -0.15) is 26.3 Å². The van der Waals surface area contributed by atoms with Crippen molar-refractivity contribution in [3.8, 4) is 5.75 Å². The maximum Gasteiger partial charge on any atom is 0.451 e. The summed E-state index contributed by atoms with van der Waals surface area (Å²) in [5.74, 6) is -1.91. The zero-order chi connectivity index (χ0) is 24.4. The van der Waals surface area contributed by atoms with Gasteiger partial charge in [-0.15, -0.1) is 0 Å². The molecule has 0 saturated carbocycles. The minimum atomic E-state index is -4.79. The molecule has 1 amide bonds. The Morgan fingerprint density at radius 2 is 1.91 bits per heavy atom. The standard InChI is InChI=1S/C20H19ClF6N4O2/c1-33-14-9-12(19(22,23)24)5-4-11(14)6-7-28-17(32)13-3-2-8-31(13)16-10-15(21)29-18(30-16)20(25,26)27/h4-5,9-10,13H,2-3,6-8H2,1H3,(H,28,32). The van der Waals surface area contributed by atoms with Gasteiger partial charge >= 0.3 is 12.4 Å². The molecule has 2 heterocycles. The Morgan fingerprint density at radius 1 is 1.18 bits per heavy atom. The molecule has 1 aliphatic heterocycles. The predicted molar refractivity (Wildman–Crippen MR) is 107 cm³/mol. The summed E-state index contributed by atoms with van der Waals surface area (Å²) in [5, 5.41) is 2.28. The number of nitrogens with one attached hydrogen (secondary N) is 1. The Hall–Kier alpha value is -2.76. The molecule has 3 rings (SSSR count). The lowest BCUT2D eigenvalue weighted by molar-refractivity contribution is -0.145. The van der Waals surface area contributed by atoms with E-state index in [4.69, 9.17) is 16.3 Å². The number of amides is 1. The van der Waals surface area contributed by atoms with Gasteiger partial charge in [0, 0.05) is 19.2 Å². The molecule has 1 N–H and O–H groups in total. The lowest BCUT2D eigenvalue weighted by Gasteiger charge is -2.25. The van der Waals surface area contributed by atoms with E-state index < -0.39 is 40.8 Å². The molecular formula is C20H19ClF6N4O2. The van der Waals surface area contributed by atoms with Crippen LogP contribution in [0.1, 0.15) is 29.8 Å². The fourth-order valence-electron chi connectivity index (χ4n) is 3.56. The number of ether oxygens (including phenoxy) is 1. The first-order chi connectivity index (χ1) is 15.4. The largest absolute Gasteiger partial charge is 0.496 e. The van der Waals surface area contributed by atoms with Crippen molar-refractivity contribution in [2.45, 2.75) is 37.7 Å². The number of alkyl halides is 6. The number of hydrogen-bond acceptors (Lipinski definition) is 5. The van der Waals surface area contributed by atoms with Gasteiger partial charge in [0.05, 0.1) is 12.7 Å². The molecule has 1 atom stereocenters. The predicted octanol–water partition coefficient (Wildman–Crippen LogP) is 4.50. The minimum absolute atomic E-state index is 0.0388. The van der Waals surface area contributed by atoms with E-state index in [1.165, 1.54) is 18.1 Å². The number of aromatic nitrogens is 2. The highest BCUT2D eigenvalue weighted by molar-refractivity contribution is 6.29. The second-order valence-corrected chi connectivity index (χ2v) is 7.67. The summed E-state index contributed by atoms with van der Waals surface area (Å²) in [7, 11) is 1.25. The maximum absolute atomic E-state index is 13.0. The van der Waals surface area contributed by atoms with Crippen molar-refractivity contribution in [2.24, 2.45) is 0 Å². The smallest absolute Gasteiger partial charge is 0.451 e. The minimum Gasteiger partial charge on any atom is -0.496 e. The third kappa shape index (κ3) is 5.98. The van der Waals surface area contributed by atoms with E-state index in [0.717, 1.165) is 18.2 Å². The summed E-state index contributed by atoms with van der Waals surface area (Å²) in [5.41, 5.74) is -0.387. The number of rotatable bonds is 6. The number of nitrogens with zero attached hydrogens (tertiary/aromatic N) is 3. The lowest BCUT2D eigenvalue weighted by Crippen LogP contribution is -2.44. The number of benzene rings is 1. The number of carbonyl (C=O) groups excluding carboxylic acids is 1. The van der Waals surface area contributed by atoms with Gasteiger partial charge in [-0.3, -0.25) is 4.79 Å². The molecule has 13 heteroatoms. The number of halogens is 7. The number of anilines is 1. The van der Waals surface area contributed by atoms with Gasteiger partial charge in [0.25, 0.3) is 0 Å². The first-order valence-corrected chi connectivity index (χ1v) is 10.2. The van der Waals surface area contributed by atoms with Crippen molar-refractivity contribution in [2.75, 3.05) is 25.1 Å². The molecule has 1 saturated heterocycles. The number of carbonyl (C=O) groups is 1. The van der Waals surface area contributed by atoms with Crippen LogP contribution in [0.3, 0.4) is 0 Å². The molecule has 0 bridgehead atoms. The molecule has 33 heavy (non-hydrogen) atoms.